The number of phenolic OH excluding ortho intramolecular Hbond substituents is 1. The Kier molecular flexibility index (Phi) is 7.60. The first-order valence-electron chi connectivity index (χ1n) is 14.8. The topological polar surface area (TPSA) is 165 Å². The summed E-state index contributed by atoms with van der Waals surface area (Å²) in [7, 11) is 3.19. The van der Waals surface area contributed by atoms with Crippen LogP contribution in [0.5, 0.6) is 5.75 Å². The summed E-state index contributed by atoms with van der Waals surface area (Å²) in [5.41, 5.74) is 4.06. The fraction of sp³-hybridized carbons (Fsp3) is 0.424. The van der Waals surface area contributed by atoms with Gasteiger partial charge in [0.05, 0.1) is 11.6 Å². The van der Waals surface area contributed by atoms with Crippen LogP contribution in [0.1, 0.15) is 52.2 Å². The number of allylic oxidation sites excluding steroid dienone is 1. The molecule has 1 fully saturated rings. The number of rotatable bonds is 5. The summed E-state index contributed by atoms with van der Waals surface area (Å²) < 4.78 is 0. The number of fused-ring (bicyclic) bond motifs is 3. The fourth-order valence-electron chi connectivity index (χ4n) is 7.86. The van der Waals surface area contributed by atoms with Crippen molar-refractivity contribution in [1.29, 1.82) is 0 Å². The number of halogens is 1. The molecular weight excluding hydrogens is 586 g/mol. The highest BCUT2D eigenvalue weighted by molar-refractivity contribution is 6.33. The lowest BCUT2D eigenvalue weighted by atomic mass is 9.58. The third kappa shape index (κ3) is 4.54. The lowest BCUT2D eigenvalue weighted by Gasteiger charge is -2.50. The molecule has 4 aliphatic rings. The zero-order valence-corrected chi connectivity index (χ0v) is 25.3. The minimum Gasteiger partial charge on any atom is -0.510 e. The summed E-state index contributed by atoms with van der Waals surface area (Å²) >= 11 is 6.94. The van der Waals surface area contributed by atoms with Gasteiger partial charge in [-0.15, -0.1) is 0 Å². The molecule has 10 nitrogen and oxygen atoms in total. The normalized spacial score (nSPS) is 27.8. The molecule has 0 spiro atoms. The largest absolute Gasteiger partial charge is 0.510 e. The van der Waals surface area contributed by atoms with Gasteiger partial charge in [-0.05, 0) is 87.5 Å². The van der Waals surface area contributed by atoms with Crippen molar-refractivity contribution in [3.8, 4) is 5.75 Å². The number of aromatic hydroxyl groups is 1. The Balaban J connectivity index is 1.33. The van der Waals surface area contributed by atoms with Crippen molar-refractivity contribution < 1.29 is 34.8 Å². The maximum absolute atomic E-state index is 13.9. The van der Waals surface area contributed by atoms with E-state index in [0.717, 1.165) is 25.9 Å². The molecule has 44 heavy (non-hydrogen) atoms. The molecule has 6 N–H and O–H groups in total. The third-order valence-corrected chi connectivity index (χ3v) is 10.5. The number of amides is 1. The first kappa shape index (κ1) is 30.3. The molecule has 0 radical (unpaired) electrons. The average Bonchev–Trinajstić information content (AvgIpc) is 2.98. The molecule has 0 bridgehead atoms. The number of ketones is 2. The Labute approximate surface area is 260 Å². The van der Waals surface area contributed by atoms with E-state index >= 15 is 0 Å². The van der Waals surface area contributed by atoms with E-state index in [9.17, 15) is 34.8 Å². The van der Waals surface area contributed by atoms with E-state index in [1.54, 1.807) is 14.1 Å². The molecule has 1 heterocycles. The Morgan fingerprint density at radius 1 is 1.09 bits per heavy atom. The Hall–Kier alpha value is -3.70. The Bertz CT molecular complexity index is 1630. The van der Waals surface area contributed by atoms with Gasteiger partial charge >= 0.3 is 0 Å². The number of hydrogen-bond donors (Lipinski definition) is 5. The summed E-state index contributed by atoms with van der Waals surface area (Å²) in [6.45, 7) is 2.18. The highest BCUT2D eigenvalue weighted by Crippen LogP contribution is 2.53. The van der Waals surface area contributed by atoms with E-state index in [-0.39, 0.29) is 29.7 Å². The predicted molar refractivity (Wildman–Crippen MR) is 162 cm³/mol. The van der Waals surface area contributed by atoms with Gasteiger partial charge in [-0.2, -0.15) is 0 Å². The zero-order valence-electron chi connectivity index (χ0n) is 24.6. The minimum absolute atomic E-state index is 0.0140. The van der Waals surface area contributed by atoms with Crippen LogP contribution >= 0.6 is 11.6 Å². The van der Waals surface area contributed by atoms with Crippen molar-refractivity contribution in [3.63, 3.8) is 0 Å². The Morgan fingerprint density at radius 2 is 1.75 bits per heavy atom. The van der Waals surface area contributed by atoms with Gasteiger partial charge in [0.25, 0.3) is 5.91 Å². The van der Waals surface area contributed by atoms with Crippen molar-refractivity contribution in [2.24, 2.45) is 17.6 Å². The van der Waals surface area contributed by atoms with Crippen LogP contribution in [-0.2, 0) is 22.6 Å². The van der Waals surface area contributed by atoms with Crippen LogP contribution in [0, 0.1) is 11.8 Å². The van der Waals surface area contributed by atoms with Gasteiger partial charge in [0.1, 0.15) is 22.8 Å². The smallest absolute Gasteiger partial charge is 0.255 e. The second-order valence-electron chi connectivity index (χ2n) is 12.6. The molecule has 6 rings (SSSR count). The quantitative estimate of drug-likeness (QED) is 0.315. The van der Waals surface area contributed by atoms with Crippen molar-refractivity contribution in [2.45, 2.75) is 49.8 Å². The summed E-state index contributed by atoms with van der Waals surface area (Å²) in [5, 5.41) is 45.6. The van der Waals surface area contributed by atoms with Crippen LogP contribution in [0.3, 0.4) is 0 Å². The molecule has 0 aromatic heterocycles. The molecule has 0 saturated carbocycles. The molecule has 1 saturated heterocycles. The first-order valence-corrected chi connectivity index (χ1v) is 15.2. The van der Waals surface area contributed by atoms with Crippen molar-refractivity contribution in [2.75, 3.05) is 27.2 Å². The number of hydrogen-bond acceptors (Lipinski definition) is 9. The zero-order chi connectivity index (χ0) is 31.7. The molecule has 1 amide bonds. The van der Waals surface area contributed by atoms with Crippen LogP contribution in [-0.4, -0.2) is 86.5 Å². The summed E-state index contributed by atoms with van der Waals surface area (Å²) in [5.74, 6) is -6.34. The number of carbonyl (C=O) groups excluding carboxylic acids is 3. The maximum Gasteiger partial charge on any atom is 0.255 e. The maximum atomic E-state index is 13.9. The Morgan fingerprint density at radius 3 is 2.36 bits per heavy atom. The van der Waals surface area contributed by atoms with Crippen LogP contribution in [0.4, 0.5) is 0 Å². The monoisotopic (exact) mass is 621 g/mol. The number of aliphatic hydroxyl groups excluding tert-OH is 2. The molecular formula is C33H36ClN3O7. The molecule has 3 aliphatic carbocycles. The minimum atomic E-state index is -2.67. The van der Waals surface area contributed by atoms with Crippen LogP contribution in [0.2, 0.25) is 5.02 Å². The molecule has 1 aliphatic heterocycles. The van der Waals surface area contributed by atoms with Gasteiger partial charge < -0.3 is 26.2 Å². The van der Waals surface area contributed by atoms with Crippen molar-refractivity contribution >= 4 is 29.1 Å². The van der Waals surface area contributed by atoms with E-state index in [2.05, 4.69) is 29.2 Å². The number of likely N-dealkylation sites (tertiary alicyclic amines) is 1. The molecule has 4 atom stereocenters. The first-order chi connectivity index (χ1) is 20.9. The van der Waals surface area contributed by atoms with E-state index < -0.39 is 58.0 Å². The number of nitrogens with two attached hydrogens (primary N) is 1. The second-order valence-corrected chi connectivity index (χ2v) is 13.0. The molecule has 11 heteroatoms. The fourth-order valence-corrected chi connectivity index (χ4v) is 8.15. The van der Waals surface area contributed by atoms with Gasteiger partial charge in [0, 0.05) is 23.1 Å². The van der Waals surface area contributed by atoms with Crippen LogP contribution < -0.4 is 5.73 Å². The van der Waals surface area contributed by atoms with Gasteiger partial charge in [0.2, 0.25) is 5.78 Å². The number of carbonyl (C=O) groups is 3. The predicted octanol–water partition coefficient (Wildman–Crippen LogP) is 3.15. The van der Waals surface area contributed by atoms with Gasteiger partial charge in [0.15, 0.2) is 11.4 Å². The number of phenols is 1. The molecule has 232 valence electrons. The number of aliphatic hydroxyl groups is 3. The summed E-state index contributed by atoms with van der Waals surface area (Å²) in [6.07, 6.45) is 2.15. The number of benzene rings is 2. The second kappa shape index (κ2) is 11.0. The van der Waals surface area contributed by atoms with E-state index in [0.29, 0.717) is 28.6 Å². The van der Waals surface area contributed by atoms with Gasteiger partial charge in [-0.25, -0.2) is 0 Å². The van der Waals surface area contributed by atoms with Crippen LogP contribution in [0.15, 0.2) is 59.1 Å². The number of nitrogens with zero attached hydrogens (tertiary/aromatic N) is 2. The standard InChI is InChI=1S/C33H36ClN3O7/c1-36(2)27-21-13-18-12-20-24(28(39)23(18)30(41)33(21,44)31(42)25(29(27)40)32(35)43)22(38)14-19(26(20)34)15-37-10-8-17(9-11-37)16-6-4-3-5-7-16/h3-7,14,17-18,21,27,38,40-41,44H,8-13,15H2,1-2H3,(H2,35,43)/t18-,21-,27-,33-/m0/s1. The van der Waals surface area contributed by atoms with Gasteiger partial charge in [-0.1, -0.05) is 41.9 Å². The lowest BCUT2D eigenvalue weighted by molar-refractivity contribution is -0.148. The highest BCUT2D eigenvalue weighted by Gasteiger charge is 2.63. The molecule has 2 aromatic carbocycles. The number of piperidine rings is 1. The number of likely N-dealkylation sites (N-methyl/N-ethyl adjacent to an activating group) is 1. The van der Waals surface area contributed by atoms with Crippen molar-refractivity contribution in [3.05, 3.63) is 86.3 Å². The van der Waals surface area contributed by atoms with E-state index in [1.807, 2.05) is 6.07 Å². The third-order valence-electron chi connectivity index (χ3n) is 9.98. The lowest BCUT2D eigenvalue weighted by Crippen LogP contribution is -2.63. The summed E-state index contributed by atoms with van der Waals surface area (Å²) in [6, 6.07) is 10.8. The molecule has 0 unspecified atom stereocenters. The SMILES string of the molecule is CN(C)[C@@H]1C(O)=C(C(N)=O)C(=O)[C@@]2(O)C(O)=C3C(=O)c4c(O)cc(CN5CCC(c6ccccc6)CC5)c(Cl)c4C[C@H]3C[C@@H]12. The highest BCUT2D eigenvalue weighted by atomic mass is 35.5. The van der Waals surface area contributed by atoms with Crippen LogP contribution in [0.25, 0.3) is 0 Å². The van der Waals surface area contributed by atoms with E-state index in [4.69, 9.17) is 17.3 Å². The number of primary amides is 1. The van der Waals surface area contributed by atoms with Gasteiger partial charge in [-0.3, -0.25) is 24.2 Å². The summed E-state index contributed by atoms with van der Waals surface area (Å²) in [4.78, 5) is 43.3. The molecule has 2 aromatic rings. The average molecular weight is 622 g/mol. The van der Waals surface area contributed by atoms with Crippen molar-refractivity contribution in [1.82, 2.24) is 9.80 Å². The number of Topliss-reactive ketones (excluding diaryl/α,β-unsaturated/α-hetero) is 2. The van der Waals surface area contributed by atoms with E-state index in [1.165, 1.54) is 16.5 Å².